The highest BCUT2D eigenvalue weighted by Gasteiger charge is 2.46. The largest absolute Gasteiger partial charge is 0.479 e. The normalized spacial score (nSPS) is 15.7. The zero-order valence-corrected chi connectivity index (χ0v) is 86.9. The number of anilines is 3. The van der Waals surface area contributed by atoms with Crippen LogP contribution in [-0.2, 0) is 59.2 Å². The van der Waals surface area contributed by atoms with Crippen molar-refractivity contribution in [3.05, 3.63) is 194 Å². The molecule has 18 rings (SSSR count). The zero-order valence-electron chi connectivity index (χ0n) is 82.2. The van der Waals surface area contributed by atoms with Gasteiger partial charge in [0, 0.05) is 117 Å². The first-order chi connectivity index (χ1) is 64.8. The van der Waals surface area contributed by atoms with E-state index in [1.54, 1.807) is 82.5 Å². The number of amides is 6. The molecule has 6 amide bonds. The lowest BCUT2D eigenvalue weighted by Crippen LogP contribution is -2.38. The maximum atomic E-state index is 13.5. The fraction of sp³-hybridized carbons (Fsp3) is 0.371. The number of aromatic nitrogens is 9. The summed E-state index contributed by atoms with van der Waals surface area (Å²) in [5, 5.41) is 34.4. The monoisotopic (exact) mass is 1980 g/mol. The fourth-order valence-electron chi connectivity index (χ4n) is 18.0. The van der Waals surface area contributed by atoms with Crippen molar-refractivity contribution in [2.45, 2.75) is 190 Å². The smallest absolute Gasteiger partial charge is 0.339 e. The number of thiazole rings is 3. The van der Waals surface area contributed by atoms with Crippen LogP contribution in [0.4, 0.5) is 31.8 Å². The van der Waals surface area contributed by atoms with Crippen LogP contribution in [0.15, 0.2) is 146 Å². The molecule has 15 aromatic rings. The minimum absolute atomic E-state index is 0.0790. The Bertz CT molecular complexity index is 7380. The van der Waals surface area contributed by atoms with Gasteiger partial charge < -0.3 is 43.9 Å². The Kier molecular flexibility index (Phi) is 26.8. The van der Waals surface area contributed by atoms with Crippen LogP contribution < -0.4 is 20.0 Å². The van der Waals surface area contributed by atoms with E-state index in [-0.39, 0.29) is 47.9 Å². The molecule has 0 saturated carbocycles. The number of aliphatic carboxylic acids is 1. The number of hydrogen-bond acceptors (Lipinski definition) is 20. The van der Waals surface area contributed by atoms with Crippen LogP contribution in [0.5, 0.6) is 0 Å². The minimum atomic E-state index is -1.19. The van der Waals surface area contributed by atoms with Gasteiger partial charge >= 0.3 is 36.0 Å². The van der Waals surface area contributed by atoms with E-state index in [9.17, 15) is 33.9 Å². The third-order valence-corrected chi connectivity index (χ3v) is 29.0. The van der Waals surface area contributed by atoms with E-state index in [1.807, 2.05) is 278 Å². The molecule has 138 heavy (non-hydrogen) atoms. The predicted octanol–water partition coefficient (Wildman–Crippen LogP) is 24.8. The lowest BCUT2D eigenvalue weighted by molar-refractivity contribution is -0.167. The number of benzene rings is 9. The highest BCUT2D eigenvalue weighted by atomic mass is 35.5. The van der Waals surface area contributed by atoms with Gasteiger partial charge in [0.2, 0.25) is 0 Å². The molecule has 6 aromatic heterocycles. The van der Waals surface area contributed by atoms with Crippen LogP contribution in [0.1, 0.15) is 169 Å². The fourth-order valence-corrected chi connectivity index (χ4v) is 21.8. The number of carboxylic acid groups (broad SMARTS) is 1. The highest BCUT2D eigenvalue weighted by molar-refractivity contribution is 7.23. The van der Waals surface area contributed by atoms with Crippen molar-refractivity contribution < 1.29 is 57.6 Å². The molecular formula is C105H114Cl3N15O12S3. The Morgan fingerprint density at radius 1 is 0.420 bits per heavy atom. The van der Waals surface area contributed by atoms with E-state index in [0.29, 0.717) is 57.7 Å². The number of esters is 2. The number of rotatable bonds is 20. The maximum Gasteiger partial charge on any atom is 0.339 e. The topological polar surface area (TPSA) is 289 Å². The van der Waals surface area contributed by atoms with E-state index in [1.165, 1.54) is 11.3 Å². The van der Waals surface area contributed by atoms with E-state index in [2.05, 4.69) is 25.2 Å². The van der Waals surface area contributed by atoms with Crippen molar-refractivity contribution in [2.24, 2.45) is 21.1 Å². The number of nitrogens with one attached hydrogen (secondary N) is 1. The third-order valence-electron chi connectivity index (χ3n) is 24.8. The Morgan fingerprint density at radius 3 is 0.964 bits per heavy atom. The van der Waals surface area contributed by atoms with Crippen molar-refractivity contribution >= 4 is 186 Å². The molecule has 9 heterocycles. The summed E-state index contributed by atoms with van der Waals surface area (Å²) < 4.78 is 38.1. The summed E-state index contributed by atoms with van der Waals surface area (Å²) >= 11 is 23.4. The molecule has 0 unspecified atom stereocenters. The van der Waals surface area contributed by atoms with Gasteiger partial charge in [0.05, 0.1) is 113 Å². The molecule has 33 heteroatoms. The Morgan fingerprint density at radius 2 is 0.703 bits per heavy atom. The zero-order chi connectivity index (χ0) is 99.7. The van der Waals surface area contributed by atoms with Crippen LogP contribution in [-0.4, -0.2) is 176 Å². The minimum Gasteiger partial charge on any atom is -0.479 e. The van der Waals surface area contributed by atoms with Gasteiger partial charge in [-0.25, -0.2) is 43.7 Å². The first-order valence-corrected chi connectivity index (χ1v) is 49.2. The van der Waals surface area contributed by atoms with Gasteiger partial charge in [-0.1, -0.05) is 71.2 Å². The molecular weight excluding hydrogens is 1870 g/mol. The SMILES string of the molecule is CCOC(=O)[C@@H](OC(C)(C)C)c1c(C)cc2nc(-c3ccc4c(c3)c(N3CC(C)(C)N(C)C3=O)nn4C)sc2c1-c1ccc(Cl)cc1.CCOC(=O)[C@@H](OC(C)(C)C)c1c(C)cc2nc(-c3ccc4c(c3)c(N3CC(C)(C)NC3=O)nn4C)sc2c1-c1ccc(Cl)cc1.Cc1cc2nc(-c3ccc4c(c3)c(N3CC(C)(C)N(C)C3=O)nn4C)sc2c(-c2ccc(Cl)cc2)c1[C@H](OC(C)(C)C)C(=O)O. The molecule has 3 saturated heterocycles. The average Bonchev–Trinajstić information content (AvgIpc) is 1.56. The molecule has 2 N–H and O–H groups in total. The van der Waals surface area contributed by atoms with Crippen molar-refractivity contribution in [1.82, 2.24) is 59.4 Å². The summed E-state index contributed by atoms with van der Waals surface area (Å²) in [5.74, 6) is -0.0912. The molecule has 3 aliphatic heterocycles. The van der Waals surface area contributed by atoms with Crippen molar-refractivity contribution in [3.63, 3.8) is 0 Å². The summed E-state index contributed by atoms with van der Waals surface area (Å²) in [6.45, 7) is 40.8. The molecule has 27 nitrogen and oxygen atoms in total. The number of aryl methyl sites for hydroxylation is 6. The number of nitrogens with zero attached hydrogens (tertiary/aromatic N) is 14. The lowest BCUT2D eigenvalue weighted by atomic mass is 9.91. The van der Waals surface area contributed by atoms with E-state index in [0.717, 1.165) is 156 Å². The summed E-state index contributed by atoms with van der Waals surface area (Å²) in [5.41, 5.74) is 14.5. The molecule has 0 spiro atoms. The van der Waals surface area contributed by atoms with Crippen LogP contribution in [0, 0.1) is 20.8 Å². The van der Waals surface area contributed by atoms with Gasteiger partial charge in [-0.3, -0.25) is 28.7 Å². The van der Waals surface area contributed by atoms with Crippen molar-refractivity contribution in [3.8, 4) is 65.1 Å². The van der Waals surface area contributed by atoms with Crippen LogP contribution in [0.25, 0.3) is 128 Å². The van der Waals surface area contributed by atoms with E-state index in [4.69, 9.17) is 88.7 Å². The highest BCUT2D eigenvalue weighted by Crippen LogP contribution is 2.51. The lowest BCUT2D eigenvalue weighted by Gasteiger charge is -2.29. The molecule has 3 atom stereocenters. The van der Waals surface area contributed by atoms with Crippen molar-refractivity contribution in [1.29, 1.82) is 0 Å². The molecule has 3 aliphatic rings. The number of carboxylic acids is 1. The Balaban J connectivity index is 0.000000150. The summed E-state index contributed by atoms with van der Waals surface area (Å²) in [7, 11) is 9.29. The number of halogens is 3. The quantitative estimate of drug-likeness (QED) is 0.0670. The summed E-state index contributed by atoms with van der Waals surface area (Å²) in [6, 6.07) is 46.4. The van der Waals surface area contributed by atoms with Gasteiger partial charge in [-0.2, -0.15) is 15.3 Å². The number of urea groups is 3. The molecule has 0 radical (unpaired) electrons. The van der Waals surface area contributed by atoms with Gasteiger partial charge in [0.1, 0.15) is 15.0 Å². The Hall–Kier alpha value is -12.0. The van der Waals surface area contributed by atoms with Gasteiger partial charge in [-0.05, 0) is 281 Å². The van der Waals surface area contributed by atoms with E-state index < -0.39 is 53.0 Å². The average molecular weight is 1980 g/mol. The molecule has 720 valence electrons. The molecule has 9 aromatic carbocycles. The number of carbonyl (C=O) groups excluding carboxylic acids is 5. The first kappa shape index (κ1) is 99.1. The second-order valence-corrected chi connectivity index (χ2v) is 44.5. The van der Waals surface area contributed by atoms with Gasteiger partial charge in [-0.15, -0.1) is 34.0 Å². The van der Waals surface area contributed by atoms with Crippen LogP contribution in [0.2, 0.25) is 15.1 Å². The molecule has 3 fully saturated rings. The second kappa shape index (κ2) is 37.3. The molecule has 0 bridgehead atoms. The van der Waals surface area contributed by atoms with E-state index >= 15 is 0 Å². The second-order valence-electron chi connectivity index (χ2n) is 40.2. The predicted molar refractivity (Wildman–Crippen MR) is 554 cm³/mol. The number of fused-ring (bicyclic) bond motifs is 6. The first-order valence-electron chi connectivity index (χ1n) is 45.6. The standard InChI is InChI=1S/C36H40ClN5O4S.C35H38ClN5O4S.C34H36ClN5O4S/c1-10-45-33(43)29(46-35(3,4)5)27-20(2)17-25-30(28(27)21-11-14-23(37)15-12-21)47-32(38-25)22-13-16-26-24(18-22)31(39-41(26)9)42-19-36(6,7)40(8)34(42)44;1-9-44-32(42)28(45-34(3,4)5)26-19(2)16-24-29(27(26)20-10-13-22(36)14-11-20)46-31(37-24)21-12-15-25-23(17-21)30(39-40(25)8)41-18-35(6,7)38-33(41)43;1-18-15-23-28(26(19-9-12-21(35)13-10-19)25(18)27(31(41)42)44-33(2,3)4)45-30(36-23)20-11-14-24-22(16-20)29(37-39(24)8)40-17-34(5,6)38(7)32(40)43/h11-18,29H,10,19H2,1-9H3;10-17,28H,9,18H2,1-8H3,(H,38,43);9-16,27H,17H2,1-8H3,(H,41,42)/t29-;28-;27-/m000/s1. The van der Waals surface area contributed by atoms with Crippen LogP contribution in [0.3, 0.4) is 0 Å². The third kappa shape index (κ3) is 19.5. The maximum absolute atomic E-state index is 13.5. The van der Waals surface area contributed by atoms with Crippen molar-refractivity contribution in [2.75, 3.05) is 61.6 Å². The number of ether oxygens (including phenoxy) is 5. The summed E-state index contributed by atoms with van der Waals surface area (Å²) in [4.78, 5) is 103. The van der Waals surface area contributed by atoms with Crippen LogP contribution >= 0.6 is 68.8 Å². The number of hydrogen-bond donors (Lipinski definition) is 2. The Labute approximate surface area is 828 Å². The number of carbonyl (C=O) groups is 6. The molecule has 0 aliphatic carbocycles. The number of likely N-dealkylation sites (N-methyl/N-ethyl adjacent to an activating group) is 2. The van der Waals surface area contributed by atoms with Gasteiger partial charge in [0.15, 0.2) is 35.8 Å². The van der Waals surface area contributed by atoms with Gasteiger partial charge in [0.25, 0.3) is 0 Å². The summed E-state index contributed by atoms with van der Waals surface area (Å²) in [6.07, 6.45) is -3.10.